The van der Waals surface area contributed by atoms with Crippen molar-refractivity contribution in [1.29, 1.82) is 0 Å². The summed E-state index contributed by atoms with van der Waals surface area (Å²) in [6.07, 6.45) is 0. The Morgan fingerprint density at radius 2 is 0.408 bits per heavy atom. The third kappa shape index (κ3) is 11.7. The van der Waals surface area contributed by atoms with E-state index in [9.17, 15) is 0 Å². The SMILES string of the molecule is CC([NH3+])(c1ccccc1)c1ccccc1.CC([NH3+])(c1ccccc1)c1ccccc1.CC([NH3+])(c1ccccc1)c1ccccc1.[O-]B([O-])[O-]. The highest BCUT2D eigenvalue weighted by Gasteiger charge is 2.28. The first-order chi connectivity index (χ1) is 23.4. The standard InChI is InChI=1S/3C14H15N.BO3/c3*1-14(15,12-8-4-2-5-9-12)13-10-6-3-7-11-13;2-1(3)4/h3*2-11H,15H2,1H3;/q;;;-3/p+3. The highest BCUT2D eigenvalue weighted by molar-refractivity contribution is 6.24. The number of hydrogen-bond acceptors (Lipinski definition) is 3. The molecular weight excluding hydrogens is 605 g/mol. The van der Waals surface area contributed by atoms with E-state index in [0.29, 0.717) is 0 Å². The van der Waals surface area contributed by atoms with E-state index in [2.05, 4.69) is 184 Å². The molecule has 0 atom stereocenters. The van der Waals surface area contributed by atoms with Crippen molar-refractivity contribution in [2.45, 2.75) is 37.4 Å². The summed E-state index contributed by atoms with van der Waals surface area (Å²) in [4.78, 5) is 0. The Kier molecular flexibility index (Phi) is 14.7. The van der Waals surface area contributed by atoms with Crippen LogP contribution in [0.4, 0.5) is 0 Å². The lowest BCUT2D eigenvalue weighted by Crippen LogP contribution is -2.68. The van der Waals surface area contributed by atoms with Crippen LogP contribution in [0.2, 0.25) is 0 Å². The second-order valence-electron chi connectivity index (χ2n) is 12.5. The van der Waals surface area contributed by atoms with Gasteiger partial charge in [-0.1, -0.05) is 182 Å². The minimum absolute atomic E-state index is 0.164. The molecule has 49 heavy (non-hydrogen) atoms. The molecule has 0 fully saturated rings. The zero-order valence-electron chi connectivity index (χ0n) is 28.7. The van der Waals surface area contributed by atoms with Crippen molar-refractivity contribution in [3.63, 3.8) is 0 Å². The van der Waals surface area contributed by atoms with E-state index in [1.807, 2.05) is 36.4 Å². The average Bonchev–Trinajstić information content (AvgIpc) is 3.14. The molecule has 0 saturated carbocycles. The van der Waals surface area contributed by atoms with Crippen molar-refractivity contribution < 1.29 is 32.3 Å². The highest BCUT2D eigenvalue weighted by Crippen LogP contribution is 2.25. The fourth-order valence-corrected chi connectivity index (χ4v) is 5.34. The number of benzene rings is 6. The van der Waals surface area contributed by atoms with E-state index >= 15 is 0 Å². The first-order valence-corrected chi connectivity index (χ1v) is 16.2. The van der Waals surface area contributed by atoms with Gasteiger partial charge in [-0.15, -0.1) is 0 Å². The van der Waals surface area contributed by atoms with Gasteiger partial charge in [0.2, 0.25) is 0 Å². The van der Waals surface area contributed by atoms with Gasteiger partial charge in [0.15, 0.2) is 0 Å². The molecule has 0 radical (unpaired) electrons. The van der Waals surface area contributed by atoms with E-state index in [4.69, 9.17) is 15.1 Å². The molecule has 6 aromatic rings. The second-order valence-corrected chi connectivity index (χ2v) is 12.5. The third-order valence-corrected chi connectivity index (χ3v) is 8.47. The molecule has 9 N–H and O–H groups in total. The van der Waals surface area contributed by atoms with Crippen LogP contribution >= 0.6 is 0 Å². The normalized spacial score (nSPS) is 11.0. The molecule has 0 spiro atoms. The molecule has 0 saturated heterocycles. The molecule has 0 aliphatic rings. The minimum Gasteiger partial charge on any atom is -0.907 e. The fourth-order valence-electron chi connectivity index (χ4n) is 5.34. The maximum absolute atomic E-state index is 8.42. The van der Waals surface area contributed by atoms with Gasteiger partial charge in [-0.3, -0.25) is 7.32 Å². The quantitative estimate of drug-likeness (QED) is 0.237. The number of hydrogen-bond donors (Lipinski definition) is 3. The lowest BCUT2D eigenvalue weighted by atomic mass is 9.86. The molecule has 6 aromatic carbocycles. The van der Waals surface area contributed by atoms with Crippen LogP contribution in [0.25, 0.3) is 0 Å². The van der Waals surface area contributed by atoms with Crippen LogP contribution in [-0.4, -0.2) is 7.32 Å². The monoisotopic (exact) mass is 653 g/mol. The summed E-state index contributed by atoms with van der Waals surface area (Å²) in [5, 5.41) is 25.2. The Balaban J connectivity index is 0.000000188. The molecule has 6 nitrogen and oxygen atoms in total. The summed E-state index contributed by atoms with van der Waals surface area (Å²) in [6.45, 7) is 6.45. The predicted molar refractivity (Wildman–Crippen MR) is 192 cm³/mol. The zero-order chi connectivity index (χ0) is 35.8. The second kappa shape index (κ2) is 18.6. The molecule has 7 heteroatoms. The molecule has 0 amide bonds. The number of quaternary nitrogens is 3. The van der Waals surface area contributed by atoms with E-state index in [1.54, 1.807) is 0 Å². The van der Waals surface area contributed by atoms with E-state index in [1.165, 1.54) is 33.4 Å². The van der Waals surface area contributed by atoms with E-state index in [0.717, 1.165) is 0 Å². The summed E-state index contributed by atoms with van der Waals surface area (Å²) < 4.78 is 0. The lowest BCUT2D eigenvalue weighted by molar-refractivity contribution is -0.480. The van der Waals surface area contributed by atoms with Gasteiger partial charge in [0, 0.05) is 33.4 Å². The van der Waals surface area contributed by atoms with Crippen molar-refractivity contribution in [3.05, 3.63) is 215 Å². The highest BCUT2D eigenvalue weighted by atomic mass is 16.5. The van der Waals surface area contributed by atoms with Crippen LogP contribution in [0.1, 0.15) is 54.2 Å². The van der Waals surface area contributed by atoms with Gasteiger partial charge in [0.05, 0.1) is 0 Å². The van der Waals surface area contributed by atoms with Crippen LogP contribution in [0, 0.1) is 0 Å². The van der Waals surface area contributed by atoms with Gasteiger partial charge in [-0.2, -0.15) is 0 Å². The van der Waals surface area contributed by atoms with Gasteiger partial charge >= 0.3 is 0 Å². The molecule has 0 bridgehead atoms. The summed E-state index contributed by atoms with van der Waals surface area (Å²) in [7, 11) is -2.92. The fraction of sp³-hybridized carbons (Fsp3) is 0.143. The largest absolute Gasteiger partial charge is 0.907 e. The van der Waals surface area contributed by atoms with Crippen molar-refractivity contribution in [1.82, 2.24) is 0 Å². The van der Waals surface area contributed by atoms with Gasteiger partial charge in [0.25, 0.3) is 0 Å². The molecule has 0 aliphatic carbocycles. The van der Waals surface area contributed by atoms with Crippen LogP contribution < -0.4 is 32.3 Å². The van der Waals surface area contributed by atoms with Gasteiger partial charge < -0.3 is 32.3 Å². The van der Waals surface area contributed by atoms with Gasteiger partial charge in [-0.25, -0.2) is 0 Å². The Morgan fingerprint density at radius 3 is 0.510 bits per heavy atom. The molecule has 0 aliphatic heterocycles. The predicted octanol–water partition coefficient (Wildman–Crippen LogP) is 2.63. The Hall–Kier alpha value is -4.86. The molecule has 252 valence electrons. The smallest absolute Gasteiger partial charge is 0.143 e. The topological polar surface area (TPSA) is 152 Å². The van der Waals surface area contributed by atoms with E-state index < -0.39 is 7.32 Å². The minimum atomic E-state index is -2.92. The molecule has 0 aromatic heterocycles. The van der Waals surface area contributed by atoms with E-state index in [-0.39, 0.29) is 16.6 Å². The van der Waals surface area contributed by atoms with Gasteiger partial charge in [0.1, 0.15) is 16.6 Å². The average molecular weight is 654 g/mol. The molecular formula is C42H48BN3O3. The van der Waals surface area contributed by atoms with Crippen molar-refractivity contribution >= 4 is 7.32 Å². The molecule has 0 unspecified atom stereocenters. The summed E-state index contributed by atoms with van der Waals surface area (Å²) in [5.74, 6) is 0. The van der Waals surface area contributed by atoms with Crippen molar-refractivity contribution in [3.8, 4) is 0 Å². The van der Waals surface area contributed by atoms with Crippen LogP contribution in [0.5, 0.6) is 0 Å². The Morgan fingerprint density at radius 1 is 0.306 bits per heavy atom. The van der Waals surface area contributed by atoms with Crippen molar-refractivity contribution in [2.75, 3.05) is 0 Å². The number of rotatable bonds is 6. The molecule has 0 heterocycles. The maximum Gasteiger partial charge on any atom is 0.143 e. The lowest BCUT2D eigenvalue weighted by Gasteiger charge is -2.35. The van der Waals surface area contributed by atoms with Crippen molar-refractivity contribution in [2.24, 2.45) is 0 Å². The Bertz CT molecular complexity index is 1400. The van der Waals surface area contributed by atoms with Gasteiger partial charge in [-0.05, 0) is 20.8 Å². The summed E-state index contributed by atoms with van der Waals surface area (Å²) in [6, 6.07) is 62.4. The van der Waals surface area contributed by atoms with Crippen LogP contribution in [0.15, 0.2) is 182 Å². The molecule has 6 rings (SSSR count). The van der Waals surface area contributed by atoms with Crippen LogP contribution in [-0.2, 0) is 16.6 Å². The first kappa shape index (κ1) is 38.6. The first-order valence-electron chi connectivity index (χ1n) is 16.2. The summed E-state index contributed by atoms with van der Waals surface area (Å²) >= 11 is 0. The Labute approximate surface area is 291 Å². The third-order valence-electron chi connectivity index (χ3n) is 8.47. The van der Waals surface area contributed by atoms with Crippen LogP contribution in [0.3, 0.4) is 0 Å². The zero-order valence-corrected chi connectivity index (χ0v) is 28.7. The maximum atomic E-state index is 8.42. The summed E-state index contributed by atoms with van der Waals surface area (Å²) in [5.41, 5.74) is 19.9.